The predicted molar refractivity (Wildman–Crippen MR) is 196 cm³/mol. The quantitative estimate of drug-likeness (QED) is 0.232. The van der Waals surface area contributed by atoms with Gasteiger partial charge in [0.2, 0.25) is 0 Å². The van der Waals surface area contributed by atoms with E-state index in [4.69, 9.17) is 9.47 Å². The van der Waals surface area contributed by atoms with Gasteiger partial charge in [0, 0.05) is 53.5 Å². The maximum Gasteiger partial charge on any atom is 0.262 e. The molecule has 48 heavy (non-hydrogen) atoms. The molecule has 8 heteroatoms. The van der Waals surface area contributed by atoms with Crippen LogP contribution in [0.5, 0.6) is 11.5 Å². The van der Waals surface area contributed by atoms with Gasteiger partial charge < -0.3 is 19.7 Å². The molecule has 1 N–H and O–H groups in total. The Morgan fingerprint density at radius 3 is 2.02 bits per heavy atom. The Bertz CT molecular complexity index is 1780. The summed E-state index contributed by atoms with van der Waals surface area (Å²) < 4.78 is 12.6. The highest BCUT2D eigenvalue weighted by Gasteiger charge is 2.49. The number of nitrogens with zero attached hydrogens (tertiary/aromatic N) is 1. The smallest absolute Gasteiger partial charge is 0.262 e. The van der Waals surface area contributed by atoms with Crippen LogP contribution in [0.15, 0.2) is 89.3 Å². The lowest BCUT2D eigenvalue weighted by Crippen LogP contribution is -2.44. The molecule has 7 nitrogen and oxygen atoms in total. The largest absolute Gasteiger partial charge is 0.493 e. The number of halogens is 1. The summed E-state index contributed by atoms with van der Waals surface area (Å²) >= 11 is 2.19. The summed E-state index contributed by atoms with van der Waals surface area (Å²) in [5, 5.41) is 2.87. The summed E-state index contributed by atoms with van der Waals surface area (Å²) in [6.07, 6.45) is 2.29. The average molecular weight is 759 g/mol. The number of rotatable bonds is 8. The number of carbonyl (C=O) groups excluding carboxylic acids is 3. The van der Waals surface area contributed by atoms with Crippen LogP contribution in [0, 0.1) is 21.3 Å². The average Bonchev–Trinajstić information content (AvgIpc) is 3.01. The van der Waals surface area contributed by atoms with Gasteiger partial charge >= 0.3 is 0 Å². The van der Waals surface area contributed by atoms with Crippen LogP contribution in [0.2, 0.25) is 0 Å². The summed E-state index contributed by atoms with van der Waals surface area (Å²) in [5.41, 5.74) is 6.75. The maximum absolute atomic E-state index is 14.3. The Balaban J connectivity index is 1.42. The van der Waals surface area contributed by atoms with Crippen LogP contribution < -0.4 is 14.8 Å². The van der Waals surface area contributed by atoms with Gasteiger partial charge in [0.05, 0.1) is 10.7 Å². The number of aryl methyl sites for hydroxylation is 1. The number of ketones is 2. The van der Waals surface area contributed by atoms with Crippen molar-refractivity contribution in [3.63, 3.8) is 0 Å². The Morgan fingerprint density at radius 2 is 1.46 bits per heavy atom. The molecule has 0 bridgehead atoms. The first-order valence-electron chi connectivity index (χ1n) is 16.5. The number of benzene rings is 3. The van der Waals surface area contributed by atoms with Crippen LogP contribution in [-0.2, 0) is 20.9 Å². The number of amides is 1. The van der Waals surface area contributed by atoms with Crippen LogP contribution in [0.25, 0.3) is 0 Å². The van der Waals surface area contributed by atoms with E-state index in [-0.39, 0.29) is 34.9 Å². The maximum atomic E-state index is 14.3. The number of ether oxygens (including phenoxy) is 2. The first kappa shape index (κ1) is 34.0. The highest BCUT2D eigenvalue weighted by Crippen LogP contribution is 2.55. The lowest BCUT2D eigenvalue weighted by Gasteiger charge is -2.49. The number of carbonyl (C=O) groups is 3. The summed E-state index contributed by atoms with van der Waals surface area (Å²) in [7, 11) is 1.56. The van der Waals surface area contributed by atoms with E-state index in [9.17, 15) is 14.4 Å². The summed E-state index contributed by atoms with van der Waals surface area (Å²) in [5.74, 6) is 0.241. The molecule has 1 amide bonds. The van der Waals surface area contributed by atoms with E-state index in [1.807, 2.05) is 61.5 Å². The van der Waals surface area contributed by atoms with Crippen LogP contribution in [0.1, 0.15) is 76.0 Å². The van der Waals surface area contributed by atoms with Crippen molar-refractivity contribution in [3.8, 4) is 11.5 Å². The zero-order chi connectivity index (χ0) is 34.4. The summed E-state index contributed by atoms with van der Waals surface area (Å²) in [6.45, 7) is 11.0. The van der Waals surface area contributed by atoms with Crippen LogP contribution in [0.3, 0.4) is 0 Å². The van der Waals surface area contributed by atoms with E-state index in [1.165, 1.54) is 0 Å². The van der Waals surface area contributed by atoms with Gasteiger partial charge in [0.15, 0.2) is 29.7 Å². The van der Waals surface area contributed by atoms with E-state index in [0.717, 1.165) is 44.5 Å². The molecule has 0 fully saturated rings. The second kappa shape index (κ2) is 13.2. The molecule has 6 rings (SSSR count). The van der Waals surface area contributed by atoms with Gasteiger partial charge in [0.1, 0.15) is 0 Å². The molecule has 0 unspecified atom stereocenters. The molecule has 0 radical (unpaired) electrons. The molecule has 3 aromatic carbocycles. The monoisotopic (exact) mass is 758 g/mol. The zero-order valence-electron chi connectivity index (χ0n) is 28.5. The Kier molecular flexibility index (Phi) is 9.32. The van der Waals surface area contributed by atoms with Crippen molar-refractivity contribution in [2.75, 3.05) is 19.0 Å². The number of hydrogen-bond acceptors (Lipinski definition) is 6. The Labute approximate surface area is 296 Å². The minimum Gasteiger partial charge on any atom is -0.493 e. The van der Waals surface area contributed by atoms with Gasteiger partial charge in [-0.2, -0.15) is 0 Å². The third-order valence-electron chi connectivity index (χ3n) is 9.47. The Morgan fingerprint density at radius 1 is 0.875 bits per heavy atom. The Hall–Kier alpha value is -3.92. The lowest BCUT2D eigenvalue weighted by molar-refractivity contribution is -0.120. The van der Waals surface area contributed by atoms with Crippen molar-refractivity contribution in [2.45, 2.75) is 72.8 Å². The van der Waals surface area contributed by atoms with Gasteiger partial charge in [-0.1, -0.05) is 75.7 Å². The number of hydrogen-bond donors (Lipinski definition) is 1. The van der Waals surface area contributed by atoms with E-state index in [1.54, 1.807) is 7.11 Å². The van der Waals surface area contributed by atoms with Gasteiger partial charge in [0.25, 0.3) is 5.91 Å². The van der Waals surface area contributed by atoms with Gasteiger partial charge in [-0.05, 0) is 88.6 Å². The molecule has 0 spiro atoms. The summed E-state index contributed by atoms with van der Waals surface area (Å²) in [6, 6.07) is 21.7. The molecule has 0 aromatic heterocycles. The first-order chi connectivity index (χ1) is 22.7. The van der Waals surface area contributed by atoms with E-state index in [2.05, 4.69) is 72.6 Å². The van der Waals surface area contributed by atoms with E-state index >= 15 is 0 Å². The molecule has 1 heterocycles. The fraction of sp³-hybridized carbons (Fsp3) is 0.375. The number of allylic oxidation sites excluding steroid dienone is 4. The second-order valence-electron chi connectivity index (χ2n) is 14.8. The van der Waals surface area contributed by atoms with Crippen LogP contribution in [0.4, 0.5) is 5.69 Å². The van der Waals surface area contributed by atoms with E-state index < -0.39 is 5.92 Å². The number of Topliss-reactive ketones (excluding diaryl/α,β-unsaturated/α-hetero) is 2. The molecule has 1 aliphatic heterocycles. The fourth-order valence-electron chi connectivity index (χ4n) is 7.36. The SMILES string of the molecule is COc1cc(C2C3=C(CC(C)(C)CC3=O)N(Cc3ccccc3)C3=C2C(=O)CC(C)(C)C3)cc(I)c1OCC(=O)Nc1ccc(C)cc1. The molecule has 2 aliphatic carbocycles. The predicted octanol–water partition coefficient (Wildman–Crippen LogP) is 8.51. The molecule has 250 valence electrons. The van der Waals surface area contributed by atoms with E-state index in [0.29, 0.717) is 47.7 Å². The van der Waals surface area contributed by atoms with Gasteiger partial charge in [-0.25, -0.2) is 0 Å². The van der Waals surface area contributed by atoms with Crippen molar-refractivity contribution in [3.05, 3.63) is 110 Å². The molecule has 3 aliphatic rings. The second-order valence-corrected chi connectivity index (χ2v) is 16.0. The highest BCUT2D eigenvalue weighted by atomic mass is 127. The standard InChI is InChI=1S/C40H43IN2O5/c1-24-12-14-27(15-13-24)42-34(46)23-48-38-28(41)16-26(17-33(38)47-6)35-36-29(18-39(2,3)20-31(36)44)43(22-25-10-8-7-9-11-25)30-19-40(4,5)21-32(45)37(30)35/h7-17,35H,18-23H2,1-6H3,(H,42,46). The van der Waals surface area contributed by atoms with Crippen molar-refractivity contribution < 1.29 is 23.9 Å². The molecule has 0 saturated carbocycles. The molecular weight excluding hydrogens is 715 g/mol. The van der Waals surface area contributed by atoms with Crippen LogP contribution in [-0.4, -0.2) is 36.1 Å². The number of nitrogens with one attached hydrogen (secondary N) is 1. The molecule has 3 aromatic rings. The summed E-state index contributed by atoms with van der Waals surface area (Å²) in [4.78, 5) is 43.6. The normalized spacial score (nSPS) is 18.8. The lowest BCUT2D eigenvalue weighted by atomic mass is 9.63. The highest BCUT2D eigenvalue weighted by molar-refractivity contribution is 14.1. The third kappa shape index (κ3) is 6.95. The van der Waals surface area contributed by atoms with Gasteiger partial charge in [-0.3, -0.25) is 14.4 Å². The topological polar surface area (TPSA) is 84.9 Å². The molecular formula is C40H43IN2O5. The van der Waals surface area contributed by atoms with Crippen molar-refractivity contribution in [2.24, 2.45) is 10.8 Å². The number of methoxy groups -OCH3 is 1. The minimum absolute atomic E-state index is 0.0792. The zero-order valence-corrected chi connectivity index (χ0v) is 30.7. The fourth-order valence-corrected chi connectivity index (χ4v) is 8.14. The van der Waals surface area contributed by atoms with Crippen molar-refractivity contribution >= 4 is 45.8 Å². The van der Waals surface area contributed by atoms with Crippen LogP contribution >= 0.6 is 22.6 Å². The van der Waals surface area contributed by atoms with Crippen molar-refractivity contribution in [1.29, 1.82) is 0 Å². The molecule has 0 saturated heterocycles. The minimum atomic E-state index is -0.518. The molecule has 0 atom stereocenters. The number of anilines is 1. The van der Waals surface area contributed by atoms with Gasteiger partial charge in [-0.15, -0.1) is 0 Å². The van der Waals surface area contributed by atoms with Crippen molar-refractivity contribution in [1.82, 2.24) is 4.90 Å². The first-order valence-corrected chi connectivity index (χ1v) is 17.5. The third-order valence-corrected chi connectivity index (χ3v) is 10.3.